The Morgan fingerprint density at radius 3 is 2.54 bits per heavy atom. The van der Waals surface area contributed by atoms with Crippen molar-refractivity contribution in [3.05, 3.63) is 59.7 Å². The SMILES string of the molecule is CCC(C)OC(=O)c1c(N)n(-c2cccc(C)c2)c2nc3ccccc3nc12. The molecule has 2 aromatic heterocycles. The van der Waals surface area contributed by atoms with Crippen molar-refractivity contribution in [1.29, 1.82) is 0 Å². The molecule has 1 unspecified atom stereocenters. The number of aromatic nitrogens is 3. The van der Waals surface area contributed by atoms with Gasteiger partial charge in [-0.15, -0.1) is 0 Å². The summed E-state index contributed by atoms with van der Waals surface area (Å²) in [5, 5.41) is 0. The van der Waals surface area contributed by atoms with E-state index in [0.717, 1.165) is 23.2 Å². The number of nitrogens with zero attached hydrogens (tertiary/aromatic N) is 3. The summed E-state index contributed by atoms with van der Waals surface area (Å²) in [6.45, 7) is 5.82. The molecule has 6 heteroatoms. The van der Waals surface area contributed by atoms with E-state index in [-0.39, 0.29) is 17.5 Å². The van der Waals surface area contributed by atoms with Crippen molar-refractivity contribution in [2.45, 2.75) is 33.3 Å². The lowest BCUT2D eigenvalue weighted by atomic mass is 10.2. The van der Waals surface area contributed by atoms with Crippen molar-refractivity contribution in [3.63, 3.8) is 0 Å². The van der Waals surface area contributed by atoms with Crippen molar-refractivity contribution < 1.29 is 9.53 Å². The third-order valence-corrected chi connectivity index (χ3v) is 4.84. The topological polar surface area (TPSA) is 83.0 Å². The monoisotopic (exact) mass is 374 g/mol. The van der Waals surface area contributed by atoms with E-state index in [2.05, 4.69) is 0 Å². The summed E-state index contributed by atoms with van der Waals surface area (Å²) in [6, 6.07) is 15.4. The third kappa shape index (κ3) is 2.97. The van der Waals surface area contributed by atoms with Crippen LogP contribution < -0.4 is 5.73 Å². The lowest BCUT2D eigenvalue weighted by Crippen LogP contribution is -2.15. The number of para-hydroxylation sites is 2. The number of ether oxygens (including phenoxy) is 1. The Morgan fingerprint density at radius 2 is 1.86 bits per heavy atom. The van der Waals surface area contributed by atoms with Crippen molar-refractivity contribution in [2.24, 2.45) is 0 Å². The van der Waals surface area contributed by atoms with E-state index >= 15 is 0 Å². The average molecular weight is 374 g/mol. The van der Waals surface area contributed by atoms with Crippen molar-refractivity contribution in [3.8, 4) is 5.69 Å². The zero-order valence-electron chi connectivity index (χ0n) is 16.1. The van der Waals surface area contributed by atoms with Gasteiger partial charge in [-0.05, 0) is 50.1 Å². The summed E-state index contributed by atoms with van der Waals surface area (Å²) in [5.74, 6) is -0.197. The number of nitrogen functional groups attached to an aromatic ring is 1. The van der Waals surface area contributed by atoms with Gasteiger partial charge < -0.3 is 10.5 Å². The lowest BCUT2D eigenvalue weighted by Gasteiger charge is -2.11. The summed E-state index contributed by atoms with van der Waals surface area (Å²) >= 11 is 0. The van der Waals surface area contributed by atoms with Crippen LogP contribution in [-0.2, 0) is 4.74 Å². The zero-order valence-corrected chi connectivity index (χ0v) is 16.1. The minimum absolute atomic E-state index is 0.210. The molecule has 0 saturated carbocycles. The van der Waals surface area contributed by atoms with E-state index in [1.807, 2.05) is 69.3 Å². The molecule has 0 saturated heterocycles. The van der Waals surface area contributed by atoms with Crippen LogP contribution in [0.5, 0.6) is 0 Å². The maximum Gasteiger partial charge on any atom is 0.344 e. The van der Waals surface area contributed by atoms with Crippen LogP contribution in [0.1, 0.15) is 36.2 Å². The Bertz CT molecular complexity index is 1200. The van der Waals surface area contributed by atoms with Crippen LogP contribution in [0, 0.1) is 6.92 Å². The van der Waals surface area contributed by atoms with Gasteiger partial charge in [0.25, 0.3) is 0 Å². The summed E-state index contributed by atoms with van der Waals surface area (Å²) in [7, 11) is 0. The molecule has 0 bridgehead atoms. The molecule has 6 nitrogen and oxygen atoms in total. The molecule has 0 fully saturated rings. The molecule has 0 aliphatic rings. The summed E-state index contributed by atoms with van der Waals surface area (Å²) in [5.41, 5.74) is 11.1. The minimum Gasteiger partial charge on any atom is -0.459 e. The first kappa shape index (κ1) is 18.0. The molecule has 0 aliphatic carbocycles. The van der Waals surface area contributed by atoms with Gasteiger partial charge in [-0.2, -0.15) is 0 Å². The van der Waals surface area contributed by atoms with E-state index in [4.69, 9.17) is 20.4 Å². The highest BCUT2D eigenvalue weighted by Crippen LogP contribution is 2.32. The molecule has 0 spiro atoms. The van der Waals surface area contributed by atoms with Gasteiger partial charge in [0.05, 0.1) is 17.1 Å². The highest BCUT2D eigenvalue weighted by Gasteiger charge is 2.26. The van der Waals surface area contributed by atoms with Crippen LogP contribution in [0.4, 0.5) is 5.82 Å². The molecule has 2 N–H and O–H groups in total. The Morgan fingerprint density at radius 1 is 1.14 bits per heavy atom. The Balaban J connectivity index is 2.04. The number of aryl methyl sites for hydroxylation is 1. The van der Waals surface area contributed by atoms with Gasteiger partial charge in [0.2, 0.25) is 0 Å². The Hall–Kier alpha value is -3.41. The van der Waals surface area contributed by atoms with Crippen LogP contribution in [0.2, 0.25) is 0 Å². The van der Waals surface area contributed by atoms with E-state index in [9.17, 15) is 4.79 Å². The predicted molar refractivity (Wildman–Crippen MR) is 111 cm³/mol. The number of rotatable bonds is 4. The fourth-order valence-electron chi connectivity index (χ4n) is 3.22. The summed E-state index contributed by atoms with van der Waals surface area (Å²) in [6.07, 6.45) is 0.509. The number of anilines is 1. The van der Waals surface area contributed by atoms with E-state index in [1.54, 1.807) is 4.57 Å². The minimum atomic E-state index is -0.479. The van der Waals surface area contributed by atoms with Crippen LogP contribution in [-0.4, -0.2) is 26.6 Å². The van der Waals surface area contributed by atoms with Crippen LogP contribution >= 0.6 is 0 Å². The fraction of sp³-hybridized carbons (Fsp3) is 0.227. The van der Waals surface area contributed by atoms with E-state index in [1.165, 1.54) is 0 Å². The van der Waals surface area contributed by atoms with Gasteiger partial charge in [0.15, 0.2) is 5.65 Å². The normalized spacial score (nSPS) is 12.4. The van der Waals surface area contributed by atoms with Gasteiger partial charge in [0.1, 0.15) is 16.9 Å². The molecule has 4 rings (SSSR count). The highest BCUT2D eigenvalue weighted by atomic mass is 16.5. The predicted octanol–water partition coefficient (Wildman–Crippen LogP) is 4.42. The quantitative estimate of drug-likeness (QED) is 0.535. The number of hydrogen-bond donors (Lipinski definition) is 1. The highest BCUT2D eigenvalue weighted by molar-refractivity contribution is 6.09. The largest absolute Gasteiger partial charge is 0.459 e. The molecule has 142 valence electrons. The lowest BCUT2D eigenvalue weighted by molar-refractivity contribution is 0.0338. The molecule has 1 atom stereocenters. The number of nitrogens with two attached hydrogens (primary N) is 1. The number of benzene rings is 2. The molecule has 0 aliphatic heterocycles. The van der Waals surface area contributed by atoms with Crippen LogP contribution in [0.15, 0.2) is 48.5 Å². The van der Waals surface area contributed by atoms with E-state index < -0.39 is 5.97 Å². The third-order valence-electron chi connectivity index (χ3n) is 4.84. The first-order valence-corrected chi connectivity index (χ1v) is 9.34. The number of carbonyl (C=O) groups excluding carboxylic acids is 1. The number of esters is 1. The van der Waals surface area contributed by atoms with Crippen molar-refractivity contribution in [1.82, 2.24) is 14.5 Å². The maximum atomic E-state index is 12.9. The van der Waals surface area contributed by atoms with Gasteiger partial charge in [-0.25, -0.2) is 14.8 Å². The molecule has 0 radical (unpaired) electrons. The molecule has 28 heavy (non-hydrogen) atoms. The van der Waals surface area contributed by atoms with Gasteiger partial charge >= 0.3 is 5.97 Å². The first-order chi connectivity index (χ1) is 13.5. The van der Waals surface area contributed by atoms with Crippen molar-refractivity contribution >= 4 is 34.0 Å². The Kier molecular flexibility index (Phi) is 4.47. The summed E-state index contributed by atoms with van der Waals surface area (Å²) in [4.78, 5) is 22.4. The molecule has 4 aromatic rings. The van der Waals surface area contributed by atoms with Gasteiger partial charge in [-0.1, -0.05) is 31.2 Å². The molecule has 2 heterocycles. The second kappa shape index (κ2) is 6.96. The van der Waals surface area contributed by atoms with Crippen LogP contribution in [0.3, 0.4) is 0 Å². The smallest absolute Gasteiger partial charge is 0.344 e. The summed E-state index contributed by atoms with van der Waals surface area (Å²) < 4.78 is 7.33. The number of fused-ring (bicyclic) bond motifs is 2. The number of carbonyl (C=O) groups is 1. The second-order valence-electron chi connectivity index (χ2n) is 6.94. The standard InChI is InChI=1S/C22H22N4O2/c1-4-14(3)28-22(27)18-19-21(25-17-11-6-5-10-16(17)24-19)26(20(18)23)15-9-7-8-13(2)12-15/h5-12,14H,4,23H2,1-3H3. The van der Waals surface area contributed by atoms with Gasteiger partial charge in [-0.3, -0.25) is 4.57 Å². The second-order valence-corrected chi connectivity index (χ2v) is 6.94. The first-order valence-electron chi connectivity index (χ1n) is 9.34. The molecular formula is C22H22N4O2. The fourth-order valence-corrected chi connectivity index (χ4v) is 3.22. The molecule has 0 amide bonds. The Labute approximate surface area is 163 Å². The molecular weight excluding hydrogens is 352 g/mol. The van der Waals surface area contributed by atoms with E-state index in [0.29, 0.717) is 16.7 Å². The average Bonchev–Trinajstić information content (AvgIpc) is 2.96. The zero-order chi connectivity index (χ0) is 19.8. The molecule has 2 aromatic carbocycles. The van der Waals surface area contributed by atoms with Crippen LogP contribution in [0.25, 0.3) is 27.9 Å². The maximum absolute atomic E-state index is 12.9. The van der Waals surface area contributed by atoms with Gasteiger partial charge in [0, 0.05) is 5.69 Å². The number of hydrogen-bond acceptors (Lipinski definition) is 5. The van der Waals surface area contributed by atoms with Crippen molar-refractivity contribution in [2.75, 3.05) is 5.73 Å².